The summed E-state index contributed by atoms with van der Waals surface area (Å²) in [6.07, 6.45) is 2.64. The maximum atomic E-state index is 7.35. The molecule has 0 atom stereocenters. The van der Waals surface area contributed by atoms with Gasteiger partial charge in [-0.2, -0.15) is 0 Å². The van der Waals surface area contributed by atoms with Gasteiger partial charge in [0.05, 0.1) is 13.2 Å². The second-order valence-corrected chi connectivity index (χ2v) is 5.31. The standard InChI is InChI=1S/C17H22N6O2.2ClH/c18-16(19)12-6-4-8-14(22-12)24-10-2-1-3-11-25-15-9-5-7-13(23-15)17(20)21;;/h4-9H,1-3,10-11H2,(H3,18,19)(H3,20,21);2*1H. The highest BCUT2D eigenvalue weighted by molar-refractivity contribution is 5.93. The van der Waals surface area contributed by atoms with Crippen molar-refractivity contribution in [1.82, 2.24) is 9.97 Å². The first-order valence-electron chi connectivity index (χ1n) is 7.95. The second kappa shape index (κ2) is 12.7. The Kier molecular flexibility index (Phi) is 11.5. The Morgan fingerprint density at radius 2 is 1.15 bits per heavy atom. The second-order valence-electron chi connectivity index (χ2n) is 5.31. The van der Waals surface area contributed by atoms with Crippen molar-refractivity contribution in [3.8, 4) is 11.8 Å². The number of hydrogen-bond acceptors (Lipinski definition) is 6. The fourth-order valence-electron chi connectivity index (χ4n) is 2.02. The number of ether oxygens (including phenoxy) is 2. The van der Waals surface area contributed by atoms with E-state index >= 15 is 0 Å². The maximum absolute atomic E-state index is 7.35. The van der Waals surface area contributed by atoms with Crippen LogP contribution in [0.25, 0.3) is 0 Å². The van der Waals surface area contributed by atoms with E-state index in [-0.39, 0.29) is 36.5 Å². The highest BCUT2D eigenvalue weighted by atomic mass is 35.5. The minimum Gasteiger partial charge on any atom is -0.478 e. The molecule has 0 bridgehead atoms. The first-order chi connectivity index (χ1) is 12.1. The molecule has 0 fully saturated rings. The van der Waals surface area contributed by atoms with Gasteiger partial charge in [0.15, 0.2) is 0 Å². The van der Waals surface area contributed by atoms with Crippen molar-refractivity contribution in [2.75, 3.05) is 13.2 Å². The van der Waals surface area contributed by atoms with Crippen molar-refractivity contribution in [2.24, 2.45) is 11.5 Å². The summed E-state index contributed by atoms with van der Waals surface area (Å²) in [6, 6.07) is 10.3. The summed E-state index contributed by atoms with van der Waals surface area (Å²) in [4.78, 5) is 8.27. The van der Waals surface area contributed by atoms with E-state index in [9.17, 15) is 0 Å². The Labute approximate surface area is 170 Å². The average Bonchev–Trinajstić information content (AvgIpc) is 2.61. The molecule has 0 radical (unpaired) electrons. The van der Waals surface area contributed by atoms with Crippen LogP contribution in [0, 0.1) is 10.8 Å². The molecule has 148 valence electrons. The first-order valence-corrected chi connectivity index (χ1v) is 7.95. The van der Waals surface area contributed by atoms with Crippen molar-refractivity contribution >= 4 is 36.5 Å². The van der Waals surface area contributed by atoms with Crippen molar-refractivity contribution in [3.05, 3.63) is 47.8 Å². The molecule has 0 amide bonds. The summed E-state index contributed by atoms with van der Waals surface area (Å²) >= 11 is 0. The molecule has 0 unspecified atom stereocenters. The van der Waals surface area contributed by atoms with Crippen LogP contribution in [-0.4, -0.2) is 34.9 Å². The van der Waals surface area contributed by atoms with Gasteiger partial charge in [0.25, 0.3) is 0 Å². The van der Waals surface area contributed by atoms with E-state index in [1.807, 2.05) is 0 Å². The molecular formula is C17H24Cl2N6O2. The lowest BCUT2D eigenvalue weighted by atomic mass is 10.2. The molecule has 0 saturated heterocycles. The number of hydrogen-bond donors (Lipinski definition) is 4. The molecule has 2 rings (SSSR count). The number of pyridine rings is 2. The van der Waals surface area contributed by atoms with E-state index in [0.29, 0.717) is 36.4 Å². The molecule has 0 spiro atoms. The summed E-state index contributed by atoms with van der Waals surface area (Å²) in [5.41, 5.74) is 11.6. The predicted molar refractivity (Wildman–Crippen MR) is 110 cm³/mol. The van der Waals surface area contributed by atoms with Gasteiger partial charge < -0.3 is 20.9 Å². The average molecular weight is 415 g/mol. The van der Waals surface area contributed by atoms with Gasteiger partial charge in [0.1, 0.15) is 23.1 Å². The van der Waals surface area contributed by atoms with Crippen molar-refractivity contribution in [3.63, 3.8) is 0 Å². The van der Waals surface area contributed by atoms with Crippen LogP contribution < -0.4 is 20.9 Å². The largest absolute Gasteiger partial charge is 0.478 e. The summed E-state index contributed by atoms with van der Waals surface area (Å²) < 4.78 is 11.1. The molecule has 0 aromatic carbocycles. The molecule has 2 aromatic heterocycles. The number of rotatable bonds is 10. The van der Waals surface area contributed by atoms with Crippen molar-refractivity contribution < 1.29 is 9.47 Å². The summed E-state index contributed by atoms with van der Waals surface area (Å²) in [6.45, 7) is 1.07. The topological polar surface area (TPSA) is 144 Å². The number of nitrogens with one attached hydrogen (secondary N) is 2. The molecule has 0 aliphatic carbocycles. The lowest BCUT2D eigenvalue weighted by Crippen LogP contribution is -2.13. The van der Waals surface area contributed by atoms with Crippen LogP contribution in [0.5, 0.6) is 11.8 Å². The number of amidine groups is 2. The third-order valence-electron chi connectivity index (χ3n) is 3.29. The van der Waals surface area contributed by atoms with Crippen LogP contribution in [0.1, 0.15) is 30.7 Å². The SMILES string of the molecule is Cl.Cl.N=C(N)c1cccc(OCCCCCOc2cccc(C(=N)N)n2)n1. The van der Waals surface area contributed by atoms with Gasteiger partial charge in [0.2, 0.25) is 11.8 Å². The van der Waals surface area contributed by atoms with E-state index in [4.69, 9.17) is 31.8 Å². The van der Waals surface area contributed by atoms with Gasteiger partial charge >= 0.3 is 0 Å². The van der Waals surface area contributed by atoms with Crippen LogP contribution in [-0.2, 0) is 0 Å². The van der Waals surface area contributed by atoms with E-state index in [2.05, 4.69) is 9.97 Å². The fourth-order valence-corrected chi connectivity index (χ4v) is 2.02. The zero-order chi connectivity index (χ0) is 18.1. The molecule has 0 saturated carbocycles. The van der Waals surface area contributed by atoms with Crippen LogP contribution >= 0.6 is 24.8 Å². The minimum atomic E-state index is -0.0787. The summed E-state index contributed by atoms with van der Waals surface area (Å²) in [7, 11) is 0. The van der Waals surface area contributed by atoms with Crippen LogP contribution in [0.15, 0.2) is 36.4 Å². The molecule has 6 N–H and O–H groups in total. The number of nitrogen functional groups attached to an aromatic ring is 2. The van der Waals surface area contributed by atoms with E-state index in [1.54, 1.807) is 36.4 Å². The number of unbranched alkanes of at least 4 members (excludes halogenated alkanes) is 2. The van der Waals surface area contributed by atoms with E-state index < -0.39 is 0 Å². The van der Waals surface area contributed by atoms with Gasteiger partial charge in [-0.15, -0.1) is 24.8 Å². The summed E-state index contributed by atoms with van der Waals surface area (Å²) in [5, 5.41) is 14.7. The molecule has 8 nitrogen and oxygen atoms in total. The highest BCUT2D eigenvalue weighted by Crippen LogP contribution is 2.10. The smallest absolute Gasteiger partial charge is 0.213 e. The number of nitrogens with zero attached hydrogens (tertiary/aromatic N) is 2. The Hall–Kier alpha value is -2.58. The predicted octanol–water partition coefficient (Wildman–Crippen LogP) is 2.52. The third kappa shape index (κ3) is 8.57. The van der Waals surface area contributed by atoms with Crippen LogP contribution in [0.2, 0.25) is 0 Å². The molecule has 0 aliphatic rings. The summed E-state index contributed by atoms with van der Waals surface area (Å²) in [5.74, 6) is 0.776. The number of nitrogens with two attached hydrogens (primary N) is 2. The Balaban J connectivity index is 0.00000338. The minimum absolute atomic E-state index is 0. The molecule has 27 heavy (non-hydrogen) atoms. The lowest BCUT2D eigenvalue weighted by molar-refractivity contribution is 0.269. The third-order valence-corrected chi connectivity index (χ3v) is 3.29. The van der Waals surface area contributed by atoms with E-state index in [1.165, 1.54) is 0 Å². The Bertz CT molecular complexity index is 683. The van der Waals surface area contributed by atoms with Gasteiger partial charge in [-0.3, -0.25) is 10.8 Å². The zero-order valence-corrected chi connectivity index (χ0v) is 16.3. The van der Waals surface area contributed by atoms with Crippen molar-refractivity contribution in [2.45, 2.75) is 19.3 Å². The van der Waals surface area contributed by atoms with Gasteiger partial charge in [-0.25, -0.2) is 9.97 Å². The van der Waals surface area contributed by atoms with Gasteiger partial charge in [0, 0.05) is 12.1 Å². The monoisotopic (exact) mass is 414 g/mol. The van der Waals surface area contributed by atoms with Gasteiger partial charge in [-0.05, 0) is 31.4 Å². The number of aromatic nitrogens is 2. The molecule has 2 aromatic rings. The Morgan fingerprint density at radius 3 is 1.52 bits per heavy atom. The molecule has 0 aliphatic heterocycles. The lowest BCUT2D eigenvalue weighted by Gasteiger charge is -2.08. The van der Waals surface area contributed by atoms with Crippen LogP contribution in [0.3, 0.4) is 0 Å². The zero-order valence-electron chi connectivity index (χ0n) is 14.7. The van der Waals surface area contributed by atoms with E-state index in [0.717, 1.165) is 19.3 Å². The Morgan fingerprint density at radius 1 is 0.741 bits per heavy atom. The number of halogens is 2. The normalized spacial score (nSPS) is 9.48. The molecular weight excluding hydrogens is 391 g/mol. The fraction of sp³-hybridized carbons (Fsp3) is 0.294. The first kappa shape index (κ1) is 24.4. The quantitative estimate of drug-likeness (QED) is 0.267. The van der Waals surface area contributed by atoms with Crippen molar-refractivity contribution in [1.29, 1.82) is 10.8 Å². The van der Waals surface area contributed by atoms with Crippen LogP contribution in [0.4, 0.5) is 0 Å². The maximum Gasteiger partial charge on any atom is 0.213 e. The van der Waals surface area contributed by atoms with Gasteiger partial charge in [-0.1, -0.05) is 12.1 Å². The highest BCUT2D eigenvalue weighted by Gasteiger charge is 2.02. The molecule has 10 heteroatoms. The molecule has 2 heterocycles.